The van der Waals surface area contributed by atoms with Crippen molar-refractivity contribution in [1.29, 1.82) is 0 Å². The van der Waals surface area contributed by atoms with Crippen LogP contribution in [0.2, 0.25) is 0 Å². The number of ketones is 1. The quantitative estimate of drug-likeness (QED) is 0.466. The van der Waals surface area contributed by atoms with Crippen molar-refractivity contribution in [3.63, 3.8) is 0 Å². The van der Waals surface area contributed by atoms with E-state index < -0.39 is 11.4 Å². The molecule has 4 rings (SSSR count). The van der Waals surface area contributed by atoms with Crippen LogP contribution in [0.3, 0.4) is 0 Å². The fourth-order valence-corrected chi connectivity index (χ4v) is 3.66. The first-order valence-electron chi connectivity index (χ1n) is 7.85. The summed E-state index contributed by atoms with van der Waals surface area (Å²) in [5.74, 6) is -1.24. The molecule has 0 atom stereocenters. The van der Waals surface area contributed by atoms with Gasteiger partial charge < -0.3 is 19.7 Å². The van der Waals surface area contributed by atoms with Gasteiger partial charge in [-0.15, -0.1) is 0 Å². The molecule has 0 aliphatic rings. The van der Waals surface area contributed by atoms with Gasteiger partial charge >= 0.3 is 5.63 Å². The van der Waals surface area contributed by atoms with Gasteiger partial charge in [0.2, 0.25) is 0 Å². The minimum absolute atomic E-state index is 0.0471. The molecule has 2 aromatic carbocycles. The van der Waals surface area contributed by atoms with E-state index in [9.17, 15) is 24.9 Å². The number of thiophene rings is 1. The van der Waals surface area contributed by atoms with Crippen LogP contribution in [-0.2, 0) is 0 Å². The highest BCUT2D eigenvalue weighted by atomic mass is 32.1. The number of hydrogen-bond acceptors (Lipinski definition) is 7. The molecular formula is C20H12O6S. The van der Waals surface area contributed by atoms with Crippen LogP contribution < -0.4 is 5.63 Å². The van der Waals surface area contributed by atoms with Crippen molar-refractivity contribution in [3.05, 3.63) is 74.8 Å². The number of phenols is 2. The van der Waals surface area contributed by atoms with E-state index in [4.69, 9.17) is 4.42 Å². The van der Waals surface area contributed by atoms with Gasteiger partial charge in [-0.2, -0.15) is 11.3 Å². The molecular weight excluding hydrogens is 368 g/mol. The molecule has 0 saturated heterocycles. The third-order valence-corrected chi connectivity index (χ3v) is 4.83. The molecule has 7 heteroatoms. The fourth-order valence-electron chi connectivity index (χ4n) is 3.02. The van der Waals surface area contributed by atoms with Crippen LogP contribution in [0.4, 0.5) is 0 Å². The van der Waals surface area contributed by atoms with Gasteiger partial charge in [0.05, 0.1) is 11.5 Å². The first-order valence-corrected chi connectivity index (χ1v) is 8.79. The van der Waals surface area contributed by atoms with E-state index in [1.54, 1.807) is 29.0 Å². The number of rotatable bonds is 3. The van der Waals surface area contributed by atoms with Crippen LogP contribution in [0.5, 0.6) is 17.2 Å². The Hall–Kier alpha value is -3.58. The van der Waals surface area contributed by atoms with E-state index in [0.717, 1.165) is 6.07 Å². The zero-order valence-corrected chi connectivity index (χ0v) is 14.5. The number of carbonyl (C=O) groups is 1. The van der Waals surface area contributed by atoms with Crippen molar-refractivity contribution in [2.45, 2.75) is 0 Å². The lowest BCUT2D eigenvalue weighted by Gasteiger charge is -2.14. The second kappa shape index (κ2) is 6.30. The Kier molecular flexibility index (Phi) is 3.93. The average molecular weight is 380 g/mol. The molecule has 0 aliphatic carbocycles. The summed E-state index contributed by atoms with van der Waals surface area (Å²) in [6.07, 6.45) is 0. The predicted octanol–water partition coefficient (Wildman–Crippen LogP) is 3.87. The van der Waals surface area contributed by atoms with Crippen molar-refractivity contribution in [2.75, 3.05) is 0 Å². The summed E-state index contributed by atoms with van der Waals surface area (Å²) >= 11 is 1.34. The van der Waals surface area contributed by atoms with E-state index in [1.165, 1.54) is 29.5 Å². The Morgan fingerprint density at radius 1 is 1.00 bits per heavy atom. The molecule has 0 unspecified atom stereocenters. The molecule has 0 spiro atoms. The molecule has 3 N–H and O–H groups in total. The number of aromatic hydroxyl groups is 3. The van der Waals surface area contributed by atoms with E-state index in [2.05, 4.69) is 0 Å². The summed E-state index contributed by atoms with van der Waals surface area (Å²) in [6, 6.07) is 9.50. The Bertz CT molecular complexity index is 1240. The zero-order chi connectivity index (χ0) is 19.1. The Morgan fingerprint density at radius 2 is 1.81 bits per heavy atom. The highest BCUT2D eigenvalue weighted by Crippen LogP contribution is 2.42. The van der Waals surface area contributed by atoms with Gasteiger partial charge in [-0.3, -0.25) is 4.79 Å². The van der Waals surface area contributed by atoms with Crippen LogP contribution in [0, 0.1) is 0 Å². The Morgan fingerprint density at radius 3 is 2.52 bits per heavy atom. The maximum Gasteiger partial charge on any atom is 0.339 e. The highest BCUT2D eigenvalue weighted by Gasteiger charge is 2.23. The fraction of sp³-hybridized carbons (Fsp3) is 0. The largest absolute Gasteiger partial charge is 0.508 e. The molecule has 0 aliphatic heterocycles. The predicted molar refractivity (Wildman–Crippen MR) is 101 cm³/mol. The van der Waals surface area contributed by atoms with Crippen molar-refractivity contribution >= 4 is 27.9 Å². The SMILES string of the molecule is O=C(c1ccsc1)c1cc(O)c2c(O)cccc2c1-c1cc(O)cc(=O)o1. The van der Waals surface area contributed by atoms with Gasteiger partial charge in [0.25, 0.3) is 0 Å². The highest BCUT2D eigenvalue weighted by molar-refractivity contribution is 7.08. The molecule has 0 saturated carbocycles. The van der Waals surface area contributed by atoms with E-state index in [1.807, 2.05) is 0 Å². The summed E-state index contributed by atoms with van der Waals surface area (Å²) in [5.41, 5.74) is -0.108. The second-order valence-corrected chi connectivity index (χ2v) is 6.64. The van der Waals surface area contributed by atoms with Gasteiger partial charge in [0, 0.05) is 33.5 Å². The van der Waals surface area contributed by atoms with Crippen LogP contribution in [-0.4, -0.2) is 21.1 Å². The van der Waals surface area contributed by atoms with Crippen molar-refractivity contribution < 1.29 is 24.5 Å². The summed E-state index contributed by atoms with van der Waals surface area (Å²) in [7, 11) is 0. The lowest BCUT2D eigenvalue weighted by molar-refractivity contribution is 0.103. The first-order chi connectivity index (χ1) is 13.0. The van der Waals surface area contributed by atoms with Crippen LogP contribution in [0.25, 0.3) is 22.1 Å². The normalized spacial score (nSPS) is 11.0. The summed E-state index contributed by atoms with van der Waals surface area (Å²) < 4.78 is 5.21. The molecule has 0 bridgehead atoms. The number of benzene rings is 2. The first kappa shape index (κ1) is 16.9. The van der Waals surface area contributed by atoms with Crippen LogP contribution in [0.15, 0.2) is 62.4 Å². The van der Waals surface area contributed by atoms with E-state index >= 15 is 0 Å². The number of carbonyl (C=O) groups excluding carboxylic acids is 1. The molecule has 6 nitrogen and oxygen atoms in total. The van der Waals surface area contributed by atoms with Gasteiger partial charge in [0.15, 0.2) is 5.78 Å². The number of hydrogen-bond donors (Lipinski definition) is 3. The molecule has 4 aromatic rings. The lowest BCUT2D eigenvalue weighted by atomic mass is 9.91. The molecule has 2 heterocycles. The zero-order valence-electron chi connectivity index (χ0n) is 13.7. The summed E-state index contributed by atoms with van der Waals surface area (Å²) in [5, 5.41) is 34.2. The maximum atomic E-state index is 13.0. The van der Waals surface area contributed by atoms with E-state index in [-0.39, 0.29) is 39.5 Å². The van der Waals surface area contributed by atoms with Gasteiger partial charge in [-0.25, -0.2) is 4.79 Å². The minimum atomic E-state index is -0.791. The monoisotopic (exact) mass is 380 g/mol. The summed E-state index contributed by atoms with van der Waals surface area (Å²) in [4.78, 5) is 24.8. The number of phenolic OH excluding ortho intramolecular Hbond substituents is 2. The van der Waals surface area contributed by atoms with Crippen molar-refractivity contribution in [3.8, 4) is 28.6 Å². The summed E-state index contributed by atoms with van der Waals surface area (Å²) in [6.45, 7) is 0. The Balaban J connectivity index is 2.14. The Labute approximate surface area is 156 Å². The maximum absolute atomic E-state index is 13.0. The standard InChI is InChI=1S/C20H12O6S/c21-11-6-16(26-17(24)7-11)18-12-2-1-3-14(22)19(12)15(23)8-13(18)20(25)10-4-5-27-9-10/h1-9,21-23H. The lowest BCUT2D eigenvalue weighted by Crippen LogP contribution is -2.05. The average Bonchev–Trinajstić information content (AvgIpc) is 3.14. The van der Waals surface area contributed by atoms with Crippen LogP contribution >= 0.6 is 11.3 Å². The molecule has 2 aromatic heterocycles. The smallest absolute Gasteiger partial charge is 0.339 e. The molecule has 134 valence electrons. The van der Waals surface area contributed by atoms with Gasteiger partial charge in [-0.1, -0.05) is 12.1 Å². The third kappa shape index (κ3) is 2.84. The number of fused-ring (bicyclic) bond motifs is 1. The van der Waals surface area contributed by atoms with Crippen molar-refractivity contribution in [2.24, 2.45) is 0 Å². The minimum Gasteiger partial charge on any atom is -0.508 e. The van der Waals surface area contributed by atoms with Crippen LogP contribution in [0.1, 0.15) is 15.9 Å². The third-order valence-electron chi connectivity index (χ3n) is 4.15. The molecule has 27 heavy (non-hydrogen) atoms. The molecule has 0 fully saturated rings. The van der Waals surface area contributed by atoms with Crippen molar-refractivity contribution in [1.82, 2.24) is 0 Å². The second-order valence-electron chi connectivity index (χ2n) is 5.86. The molecule has 0 amide bonds. The molecule has 0 radical (unpaired) electrons. The topological polar surface area (TPSA) is 108 Å². The van der Waals surface area contributed by atoms with Gasteiger partial charge in [-0.05, 0) is 23.6 Å². The van der Waals surface area contributed by atoms with E-state index in [0.29, 0.717) is 10.9 Å². The van der Waals surface area contributed by atoms with Gasteiger partial charge in [0.1, 0.15) is 23.0 Å².